The summed E-state index contributed by atoms with van der Waals surface area (Å²) in [4.78, 5) is 2.36. The number of thiophene rings is 1. The van der Waals surface area contributed by atoms with Gasteiger partial charge in [0.2, 0.25) is 10.0 Å². The Labute approximate surface area is 126 Å². The maximum atomic E-state index is 12.4. The van der Waals surface area contributed by atoms with Crippen LogP contribution in [-0.4, -0.2) is 20.5 Å². The van der Waals surface area contributed by atoms with Crippen molar-refractivity contribution in [2.75, 3.05) is 0 Å². The van der Waals surface area contributed by atoms with Crippen molar-refractivity contribution in [2.24, 2.45) is 5.41 Å². The van der Waals surface area contributed by atoms with Gasteiger partial charge < -0.3 is 5.32 Å². The fraction of sp³-hybridized carbons (Fsp3) is 0.714. The van der Waals surface area contributed by atoms with Gasteiger partial charge in [0.05, 0.1) is 4.90 Å². The molecule has 2 rings (SSSR count). The molecule has 1 fully saturated rings. The van der Waals surface area contributed by atoms with Gasteiger partial charge in [-0.15, -0.1) is 11.3 Å². The van der Waals surface area contributed by atoms with Gasteiger partial charge in [-0.3, -0.25) is 0 Å². The molecule has 1 unspecified atom stereocenters. The average Bonchev–Trinajstić information content (AvgIpc) is 2.71. The number of hydrogen-bond acceptors (Lipinski definition) is 4. The van der Waals surface area contributed by atoms with Gasteiger partial charge in [-0.1, -0.05) is 27.7 Å². The highest BCUT2D eigenvalue weighted by Gasteiger charge is 2.48. The minimum atomic E-state index is -3.38. The molecule has 1 aromatic rings. The zero-order valence-corrected chi connectivity index (χ0v) is 14.4. The van der Waals surface area contributed by atoms with E-state index in [0.29, 0.717) is 17.5 Å². The van der Waals surface area contributed by atoms with E-state index in [1.165, 1.54) is 0 Å². The molecule has 2 N–H and O–H groups in total. The summed E-state index contributed by atoms with van der Waals surface area (Å²) in [7, 11) is -3.38. The normalized spacial score (nSPS) is 21.4. The molecule has 6 heteroatoms. The Hall–Kier alpha value is -0.430. The first-order chi connectivity index (χ1) is 9.12. The van der Waals surface area contributed by atoms with E-state index in [-0.39, 0.29) is 11.5 Å². The van der Waals surface area contributed by atoms with E-state index in [0.717, 1.165) is 16.2 Å². The first kappa shape index (κ1) is 15.9. The van der Waals surface area contributed by atoms with E-state index in [9.17, 15) is 8.42 Å². The summed E-state index contributed by atoms with van der Waals surface area (Å²) < 4.78 is 27.6. The minimum absolute atomic E-state index is 0.0732. The average molecular weight is 316 g/mol. The van der Waals surface area contributed by atoms with Crippen LogP contribution in [0.3, 0.4) is 0 Å². The molecule has 0 saturated heterocycles. The summed E-state index contributed by atoms with van der Waals surface area (Å²) in [6, 6.07) is 2.26. The lowest BCUT2D eigenvalue weighted by Crippen LogP contribution is -2.28. The monoisotopic (exact) mass is 316 g/mol. The molecule has 1 aromatic heterocycles. The van der Waals surface area contributed by atoms with E-state index in [1.54, 1.807) is 17.4 Å². The zero-order valence-electron chi connectivity index (χ0n) is 12.8. The Bertz CT molecular complexity index is 588. The van der Waals surface area contributed by atoms with Crippen molar-refractivity contribution in [3.8, 4) is 0 Å². The molecule has 0 aliphatic heterocycles. The van der Waals surface area contributed by atoms with Crippen molar-refractivity contribution < 1.29 is 8.42 Å². The number of nitrogens with one attached hydrogen (secondary N) is 2. The Balaban J connectivity index is 2.11. The number of hydrogen-bond donors (Lipinski definition) is 2. The molecule has 0 bridgehead atoms. The van der Waals surface area contributed by atoms with Crippen LogP contribution >= 0.6 is 11.3 Å². The number of aryl methyl sites for hydroxylation is 1. The van der Waals surface area contributed by atoms with Crippen LogP contribution in [0.5, 0.6) is 0 Å². The maximum Gasteiger partial charge on any atom is 0.241 e. The van der Waals surface area contributed by atoms with E-state index < -0.39 is 10.0 Å². The zero-order chi connectivity index (χ0) is 15.1. The first-order valence-electron chi connectivity index (χ1n) is 6.97. The molecule has 1 aliphatic rings. The lowest BCUT2D eigenvalue weighted by Gasteiger charge is -2.07. The van der Waals surface area contributed by atoms with Crippen LogP contribution in [0.2, 0.25) is 0 Å². The molecule has 1 heterocycles. The van der Waals surface area contributed by atoms with Crippen LogP contribution in [-0.2, 0) is 16.6 Å². The Kier molecular flexibility index (Phi) is 4.31. The summed E-state index contributed by atoms with van der Waals surface area (Å²) in [5.41, 5.74) is 0.0963. The van der Waals surface area contributed by atoms with Crippen molar-refractivity contribution in [3.63, 3.8) is 0 Å². The molecule has 20 heavy (non-hydrogen) atoms. The molecule has 1 atom stereocenters. The van der Waals surface area contributed by atoms with E-state index in [2.05, 4.69) is 37.7 Å². The molecule has 1 saturated carbocycles. The van der Waals surface area contributed by atoms with Gasteiger partial charge in [0.25, 0.3) is 0 Å². The van der Waals surface area contributed by atoms with Gasteiger partial charge in [0.1, 0.15) is 0 Å². The summed E-state index contributed by atoms with van der Waals surface area (Å²) in [6.45, 7) is 10.9. The van der Waals surface area contributed by atoms with E-state index in [1.807, 2.05) is 6.92 Å². The van der Waals surface area contributed by atoms with Crippen LogP contribution < -0.4 is 10.0 Å². The quantitative estimate of drug-likeness (QED) is 0.848. The van der Waals surface area contributed by atoms with Crippen LogP contribution in [0, 0.1) is 12.3 Å². The number of rotatable bonds is 6. The predicted molar refractivity (Wildman–Crippen MR) is 83.5 cm³/mol. The Morgan fingerprint density at radius 3 is 2.55 bits per heavy atom. The Morgan fingerprint density at radius 1 is 1.45 bits per heavy atom. The number of sulfonamides is 1. The van der Waals surface area contributed by atoms with E-state index in [4.69, 9.17) is 0 Å². The maximum absolute atomic E-state index is 12.4. The van der Waals surface area contributed by atoms with Gasteiger partial charge in [0.15, 0.2) is 0 Å². The summed E-state index contributed by atoms with van der Waals surface area (Å²) in [5.74, 6) is 0. The molecular weight excluding hydrogens is 292 g/mol. The summed E-state index contributed by atoms with van der Waals surface area (Å²) in [5, 5.41) is 3.32. The summed E-state index contributed by atoms with van der Waals surface area (Å²) >= 11 is 1.55. The molecule has 0 amide bonds. The van der Waals surface area contributed by atoms with Crippen LogP contribution in [0.1, 0.15) is 43.9 Å². The van der Waals surface area contributed by atoms with Crippen LogP contribution in [0.15, 0.2) is 11.0 Å². The smallest absolute Gasteiger partial charge is 0.241 e. The second-order valence-electron chi connectivity index (χ2n) is 6.54. The van der Waals surface area contributed by atoms with Gasteiger partial charge in [0, 0.05) is 28.4 Å². The van der Waals surface area contributed by atoms with Crippen molar-refractivity contribution >= 4 is 21.4 Å². The van der Waals surface area contributed by atoms with Crippen LogP contribution in [0.4, 0.5) is 0 Å². The minimum Gasteiger partial charge on any atom is -0.310 e. The fourth-order valence-corrected chi connectivity index (χ4v) is 5.10. The predicted octanol–water partition coefficient (Wildman–Crippen LogP) is 2.63. The topological polar surface area (TPSA) is 58.2 Å². The fourth-order valence-electron chi connectivity index (χ4n) is 2.10. The molecular formula is C14H24N2O2S2. The second-order valence-corrected chi connectivity index (χ2v) is 9.56. The van der Waals surface area contributed by atoms with Gasteiger partial charge in [-0.25, -0.2) is 13.1 Å². The van der Waals surface area contributed by atoms with Gasteiger partial charge in [-0.2, -0.15) is 0 Å². The van der Waals surface area contributed by atoms with Crippen molar-refractivity contribution in [1.82, 2.24) is 10.0 Å². The third kappa shape index (κ3) is 3.61. The second kappa shape index (κ2) is 5.40. The van der Waals surface area contributed by atoms with Crippen molar-refractivity contribution in [1.29, 1.82) is 0 Å². The lowest BCUT2D eigenvalue weighted by atomic mass is 10.2. The highest BCUT2D eigenvalue weighted by atomic mass is 32.2. The largest absolute Gasteiger partial charge is 0.310 e. The first-order valence-corrected chi connectivity index (χ1v) is 9.27. The van der Waals surface area contributed by atoms with Gasteiger partial charge in [-0.05, 0) is 24.8 Å². The lowest BCUT2D eigenvalue weighted by molar-refractivity contribution is 0.554. The molecule has 0 radical (unpaired) electrons. The standard InChI is InChI=1S/C14H24N2O2S2/c1-9(2)15-8-11-6-12(10(3)19-11)20(17,18)16-13-7-14(13,4)5/h6,9,13,15-16H,7-8H2,1-5H3. The summed E-state index contributed by atoms with van der Waals surface area (Å²) in [6.07, 6.45) is 0.914. The molecule has 4 nitrogen and oxygen atoms in total. The molecule has 1 aliphatic carbocycles. The molecule has 0 spiro atoms. The SMILES string of the molecule is Cc1sc(CNC(C)C)cc1S(=O)(=O)NC1CC1(C)C. The van der Waals surface area contributed by atoms with Crippen molar-refractivity contribution in [3.05, 3.63) is 15.8 Å². The molecule has 114 valence electrons. The highest BCUT2D eigenvalue weighted by Crippen LogP contribution is 2.45. The van der Waals surface area contributed by atoms with Crippen LogP contribution in [0.25, 0.3) is 0 Å². The highest BCUT2D eigenvalue weighted by molar-refractivity contribution is 7.89. The molecule has 0 aromatic carbocycles. The Morgan fingerprint density at radius 2 is 2.05 bits per heavy atom. The third-order valence-electron chi connectivity index (χ3n) is 3.71. The third-order valence-corrected chi connectivity index (χ3v) is 6.49. The van der Waals surface area contributed by atoms with Gasteiger partial charge >= 0.3 is 0 Å². The van der Waals surface area contributed by atoms with E-state index >= 15 is 0 Å². The van der Waals surface area contributed by atoms with Crippen molar-refractivity contribution in [2.45, 2.75) is 64.6 Å².